The number of aryl methyl sites for hydroxylation is 1. The quantitative estimate of drug-likeness (QED) is 0.847. The Morgan fingerprint density at radius 3 is 2.55 bits per heavy atom. The fraction of sp³-hybridized carbons (Fsp3) is 0.391. The molecule has 2 unspecified atom stereocenters. The number of fused-ring (bicyclic) bond motifs is 1. The molecule has 29 heavy (non-hydrogen) atoms. The van der Waals surface area contributed by atoms with E-state index in [4.69, 9.17) is 9.47 Å². The van der Waals surface area contributed by atoms with E-state index in [1.807, 2.05) is 12.1 Å². The predicted octanol–water partition coefficient (Wildman–Crippen LogP) is 2.73. The van der Waals surface area contributed by atoms with Gasteiger partial charge in [-0.15, -0.1) is 0 Å². The zero-order chi connectivity index (χ0) is 20.4. The van der Waals surface area contributed by atoms with Crippen LogP contribution in [0.4, 0.5) is 5.69 Å². The number of nitrogens with zero attached hydrogens (tertiary/aromatic N) is 1. The maximum absolute atomic E-state index is 12.8. The standard InChI is InChI=1S/C23H26N2O4/c1-28-20-10-9-19(13-21(20)29-2)25-14-17(12-22(25)26)23(27)24-18-8-7-15-5-3-4-6-16(15)11-18/h3-6,9-10,13,17-18H,7-8,11-12,14H2,1-2H3,(H,24,27). The maximum atomic E-state index is 12.8. The van der Waals surface area contributed by atoms with Gasteiger partial charge >= 0.3 is 0 Å². The summed E-state index contributed by atoms with van der Waals surface area (Å²) in [5.41, 5.74) is 3.39. The highest BCUT2D eigenvalue weighted by Crippen LogP contribution is 2.34. The lowest BCUT2D eigenvalue weighted by Gasteiger charge is -2.26. The van der Waals surface area contributed by atoms with E-state index in [2.05, 4.69) is 23.5 Å². The van der Waals surface area contributed by atoms with E-state index in [-0.39, 0.29) is 30.2 Å². The summed E-state index contributed by atoms with van der Waals surface area (Å²) < 4.78 is 10.6. The fourth-order valence-corrected chi connectivity index (χ4v) is 4.27. The molecule has 0 aromatic heterocycles. The van der Waals surface area contributed by atoms with E-state index in [1.54, 1.807) is 31.3 Å². The van der Waals surface area contributed by atoms with Crippen LogP contribution in [-0.2, 0) is 22.4 Å². The lowest BCUT2D eigenvalue weighted by atomic mass is 9.88. The van der Waals surface area contributed by atoms with Gasteiger partial charge in [-0.25, -0.2) is 0 Å². The van der Waals surface area contributed by atoms with Crippen molar-refractivity contribution in [2.24, 2.45) is 5.92 Å². The second kappa shape index (κ2) is 8.15. The Morgan fingerprint density at radius 1 is 1.03 bits per heavy atom. The Bertz CT molecular complexity index is 927. The second-order valence-electron chi connectivity index (χ2n) is 7.66. The van der Waals surface area contributed by atoms with E-state index in [1.165, 1.54) is 11.1 Å². The Morgan fingerprint density at radius 2 is 1.79 bits per heavy atom. The minimum absolute atomic E-state index is 0.0364. The van der Waals surface area contributed by atoms with Gasteiger partial charge in [-0.1, -0.05) is 24.3 Å². The number of nitrogens with one attached hydrogen (secondary N) is 1. The van der Waals surface area contributed by atoms with Gasteiger partial charge < -0.3 is 19.7 Å². The summed E-state index contributed by atoms with van der Waals surface area (Å²) in [5.74, 6) is 0.742. The van der Waals surface area contributed by atoms with Crippen molar-refractivity contribution in [2.75, 3.05) is 25.7 Å². The van der Waals surface area contributed by atoms with Crippen molar-refractivity contribution in [3.63, 3.8) is 0 Å². The third-order valence-electron chi connectivity index (χ3n) is 5.87. The number of amides is 2. The van der Waals surface area contributed by atoms with Gasteiger partial charge in [0.15, 0.2) is 11.5 Å². The van der Waals surface area contributed by atoms with Crippen LogP contribution in [0.15, 0.2) is 42.5 Å². The highest BCUT2D eigenvalue weighted by Gasteiger charge is 2.36. The third-order valence-corrected chi connectivity index (χ3v) is 5.87. The minimum Gasteiger partial charge on any atom is -0.493 e. The van der Waals surface area contributed by atoms with Crippen LogP contribution >= 0.6 is 0 Å². The van der Waals surface area contributed by atoms with E-state index < -0.39 is 0 Å². The van der Waals surface area contributed by atoms with Crippen LogP contribution in [0.2, 0.25) is 0 Å². The highest BCUT2D eigenvalue weighted by molar-refractivity contribution is 6.00. The molecular formula is C23H26N2O4. The van der Waals surface area contributed by atoms with Crippen LogP contribution < -0.4 is 19.7 Å². The molecule has 1 heterocycles. The molecule has 2 atom stereocenters. The van der Waals surface area contributed by atoms with Gasteiger partial charge in [0.25, 0.3) is 0 Å². The number of ether oxygens (including phenoxy) is 2. The number of rotatable bonds is 5. The van der Waals surface area contributed by atoms with Crippen molar-refractivity contribution in [1.82, 2.24) is 5.32 Å². The molecule has 2 aromatic rings. The van der Waals surface area contributed by atoms with Crippen molar-refractivity contribution in [1.29, 1.82) is 0 Å². The summed E-state index contributed by atoms with van der Waals surface area (Å²) >= 11 is 0. The molecule has 1 fully saturated rings. The number of anilines is 1. The summed E-state index contributed by atoms with van der Waals surface area (Å²) in [6.45, 7) is 0.378. The highest BCUT2D eigenvalue weighted by atomic mass is 16.5. The lowest BCUT2D eigenvalue weighted by Crippen LogP contribution is -2.42. The number of benzene rings is 2. The zero-order valence-electron chi connectivity index (χ0n) is 16.8. The van der Waals surface area contributed by atoms with E-state index >= 15 is 0 Å². The molecule has 0 saturated carbocycles. The molecule has 2 aromatic carbocycles. The van der Waals surface area contributed by atoms with Crippen LogP contribution in [0.1, 0.15) is 24.0 Å². The molecular weight excluding hydrogens is 368 g/mol. The van der Waals surface area contributed by atoms with Crippen LogP contribution in [0, 0.1) is 5.92 Å². The molecule has 152 valence electrons. The average molecular weight is 394 g/mol. The Labute approximate surface area is 170 Å². The Kier molecular flexibility index (Phi) is 5.43. The van der Waals surface area contributed by atoms with Gasteiger partial charge in [0.2, 0.25) is 11.8 Å². The van der Waals surface area contributed by atoms with Crippen LogP contribution in [-0.4, -0.2) is 38.6 Å². The summed E-state index contributed by atoms with van der Waals surface area (Å²) in [6.07, 6.45) is 2.98. The van der Waals surface area contributed by atoms with E-state index in [0.29, 0.717) is 18.0 Å². The largest absolute Gasteiger partial charge is 0.493 e. The zero-order valence-corrected chi connectivity index (χ0v) is 16.8. The Hall–Kier alpha value is -3.02. The lowest BCUT2D eigenvalue weighted by molar-refractivity contribution is -0.127. The van der Waals surface area contributed by atoms with Crippen LogP contribution in [0.3, 0.4) is 0 Å². The molecule has 0 radical (unpaired) electrons. The topological polar surface area (TPSA) is 67.9 Å². The van der Waals surface area contributed by atoms with Gasteiger partial charge in [-0.05, 0) is 42.5 Å². The molecule has 1 aliphatic heterocycles. The molecule has 1 aliphatic carbocycles. The number of hydrogen-bond acceptors (Lipinski definition) is 4. The average Bonchev–Trinajstić information content (AvgIpc) is 3.15. The first-order chi connectivity index (χ1) is 14.1. The number of carbonyl (C=O) groups excluding carboxylic acids is 2. The van der Waals surface area contributed by atoms with Crippen molar-refractivity contribution < 1.29 is 19.1 Å². The number of carbonyl (C=O) groups is 2. The first kappa shape index (κ1) is 19.3. The molecule has 6 nitrogen and oxygen atoms in total. The molecule has 2 amide bonds. The number of methoxy groups -OCH3 is 2. The van der Waals surface area contributed by atoms with Crippen molar-refractivity contribution in [3.05, 3.63) is 53.6 Å². The fourth-order valence-electron chi connectivity index (χ4n) is 4.27. The third kappa shape index (κ3) is 3.92. The molecule has 0 spiro atoms. The van der Waals surface area contributed by atoms with Crippen molar-refractivity contribution >= 4 is 17.5 Å². The summed E-state index contributed by atoms with van der Waals surface area (Å²) in [5, 5.41) is 3.17. The van der Waals surface area contributed by atoms with E-state index in [9.17, 15) is 9.59 Å². The van der Waals surface area contributed by atoms with Crippen LogP contribution in [0.25, 0.3) is 0 Å². The molecule has 4 rings (SSSR count). The molecule has 2 aliphatic rings. The minimum atomic E-state index is -0.340. The second-order valence-corrected chi connectivity index (χ2v) is 7.66. The smallest absolute Gasteiger partial charge is 0.227 e. The van der Waals surface area contributed by atoms with Gasteiger partial charge in [0, 0.05) is 30.8 Å². The van der Waals surface area contributed by atoms with Gasteiger partial charge in [-0.3, -0.25) is 9.59 Å². The van der Waals surface area contributed by atoms with Gasteiger partial charge in [0.1, 0.15) is 0 Å². The molecule has 0 bridgehead atoms. The normalized spacial score (nSPS) is 20.9. The SMILES string of the molecule is COc1ccc(N2CC(C(=O)NC3CCc4ccccc4C3)CC2=O)cc1OC. The first-order valence-electron chi connectivity index (χ1n) is 9.98. The summed E-state index contributed by atoms with van der Waals surface area (Å²) in [4.78, 5) is 27.1. The maximum Gasteiger partial charge on any atom is 0.227 e. The van der Waals surface area contributed by atoms with Crippen molar-refractivity contribution in [2.45, 2.75) is 31.7 Å². The van der Waals surface area contributed by atoms with Crippen LogP contribution in [0.5, 0.6) is 11.5 Å². The molecule has 6 heteroatoms. The Balaban J connectivity index is 1.41. The van der Waals surface area contributed by atoms with Gasteiger partial charge in [-0.2, -0.15) is 0 Å². The number of hydrogen-bond donors (Lipinski definition) is 1. The monoisotopic (exact) mass is 394 g/mol. The molecule has 1 saturated heterocycles. The summed E-state index contributed by atoms with van der Waals surface area (Å²) in [7, 11) is 3.13. The predicted molar refractivity (Wildman–Crippen MR) is 110 cm³/mol. The first-order valence-corrected chi connectivity index (χ1v) is 9.98. The summed E-state index contributed by atoms with van der Waals surface area (Å²) in [6, 6.07) is 13.9. The van der Waals surface area contributed by atoms with E-state index in [0.717, 1.165) is 24.9 Å². The van der Waals surface area contributed by atoms with Crippen molar-refractivity contribution in [3.8, 4) is 11.5 Å². The van der Waals surface area contributed by atoms with Gasteiger partial charge in [0.05, 0.1) is 20.1 Å². The molecule has 1 N–H and O–H groups in total.